The molecule has 0 atom stereocenters. The summed E-state index contributed by atoms with van der Waals surface area (Å²) < 4.78 is 2.88. The molecule has 84 valence electrons. The Morgan fingerprint density at radius 3 is 2.50 bits per heavy atom. The number of nitrogens with zero attached hydrogens (tertiary/aromatic N) is 3. The van der Waals surface area contributed by atoms with E-state index in [0.717, 1.165) is 0 Å². The number of aryl methyl sites for hydroxylation is 2. The van der Waals surface area contributed by atoms with Crippen molar-refractivity contribution in [3.63, 3.8) is 0 Å². The van der Waals surface area contributed by atoms with Crippen molar-refractivity contribution in [2.75, 3.05) is 0 Å². The van der Waals surface area contributed by atoms with Crippen molar-refractivity contribution in [3.8, 4) is 0 Å². The van der Waals surface area contributed by atoms with Gasteiger partial charge in [0.25, 0.3) is 5.56 Å². The minimum absolute atomic E-state index is 0.399. The number of rotatable bonds is 0. The van der Waals surface area contributed by atoms with E-state index in [9.17, 15) is 9.59 Å². The minimum atomic E-state index is -1.14. The van der Waals surface area contributed by atoms with Crippen molar-refractivity contribution in [3.05, 3.63) is 27.2 Å². The second-order valence-electron chi connectivity index (χ2n) is 2.95. The van der Waals surface area contributed by atoms with Gasteiger partial charge in [-0.15, -0.1) is 0 Å². The Bertz CT molecular complexity index is 602. The zero-order chi connectivity index (χ0) is 12.3. The molecule has 2 aromatic rings. The molecular formula is C7H8Cl2HgN4O2. The molecule has 16 heavy (non-hydrogen) atoms. The van der Waals surface area contributed by atoms with Crippen molar-refractivity contribution in [1.29, 1.82) is 0 Å². The van der Waals surface area contributed by atoms with Gasteiger partial charge in [0.15, 0.2) is 11.2 Å². The fourth-order valence-corrected chi connectivity index (χ4v) is 1.26. The molecule has 2 rings (SSSR count). The number of hydrogen-bond donors (Lipinski definition) is 1. The summed E-state index contributed by atoms with van der Waals surface area (Å²) in [7, 11) is 13.2. The van der Waals surface area contributed by atoms with Crippen molar-refractivity contribution >= 4 is 27.7 Å². The number of halogens is 2. The Kier molecular flexibility index (Phi) is 5.01. The van der Waals surface area contributed by atoms with E-state index in [1.807, 2.05) is 0 Å². The standard InChI is InChI=1S/C7H8N4O2.2ClH.Hg/c1-10-3-8-5-4(10)6(12)9-7(13)11(5)2;;;/h3H,1-2H3,(H,9,12,13);2*1H;/q;;;+2/p-2. The van der Waals surface area contributed by atoms with E-state index in [1.54, 1.807) is 18.7 Å². The third kappa shape index (κ3) is 2.67. The van der Waals surface area contributed by atoms with Gasteiger partial charge in [-0.3, -0.25) is 14.3 Å². The number of nitrogens with one attached hydrogen (secondary N) is 1. The molecular weight excluding hydrogens is 444 g/mol. The molecule has 0 unspecified atom stereocenters. The van der Waals surface area contributed by atoms with Crippen LogP contribution in [0.2, 0.25) is 0 Å². The number of fused-ring (bicyclic) bond motifs is 1. The molecule has 9 heteroatoms. The zero-order valence-corrected chi connectivity index (χ0v) is 15.7. The quantitative estimate of drug-likeness (QED) is 0.587. The van der Waals surface area contributed by atoms with Crippen LogP contribution in [0.5, 0.6) is 0 Å². The molecule has 0 radical (unpaired) electrons. The summed E-state index contributed by atoms with van der Waals surface area (Å²) in [5.74, 6) is 0. The zero-order valence-electron chi connectivity index (χ0n) is 8.70. The fourth-order valence-electron chi connectivity index (χ4n) is 1.26. The molecule has 0 amide bonds. The molecule has 6 nitrogen and oxygen atoms in total. The Morgan fingerprint density at radius 1 is 1.38 bits per heavy atom. The Morgan fingerprint density at radius 2 is 1.94 bits per heavy atom. The Labute approximate surface area is 110 Å². The van der Waals surface area contributed by atoms with Gasteiger partial charge in [0, 0.05) is 14.1 Å². The van der Waals surface area contributed by atoms with E-state index in [1.165, 1.54) is 10.9 Å². The second kappa shape index (κ2) is 5.83. The summed E-state index contributed by atoms with van der Waals surface area (Å²) >= 11 is -1.14. The molecule has 0 spiro atoms. The van der Waals surface area contributed by atoms with Gasteiger partial charge in [-0.25, -0.2) is 9.78 Å². The predicted molar refractivity (Wildman–Crippen MR) is 58.3 cm³/mol. The predicted octanol–water partition coefficient (Wildman–Crippen LogP) is 0.337. The molecule has 2 heterocycles. The molecule has 0 fully saturated rings. The van der Waals surface area contributed by atoms with E-state index in [2.05, 4.69) is 9.97 Å². The molecule has 0 aliphatic carbocycles. The first-order chi connectivity index (χ1) is 7.52. The van der Waals surface area contributed by atoms with E-state index in [0.29, 0.717) is 11.2 Å². The maximum atomic E-state index is 11.3. The van der Waals surface area contributed by atoms with E-state index < -0.39 is 33.4 Å². The number of H-pyrrole nitrogens is 1. The van der Waals surface area contributed by atoms with E-state index >= 15 is 0 Å². The first-order valence-electron chi connectivity index (χ1n) is 4.25. The van der Waals surface area contributed by atoms with Crippen molar-refractivity contribution in [2.24, 2.45) is 14.1 Å². The van der Waals surface area contributed by atoms with E-state index in [-0.39, 0.29) is 0 Å². The van der Waals surface area contributed by atoms with Crippen molar-refractivity contribution < 1.29 is 22.1 Å². The molecule has 0 saturated heterocycles. The number of imidazole rings is 1. The first-order valence-corrected chi connectivity index (χ1v) is 17.8. The third-order valence-corrected chi connectivity index (χ3v) is 1.98. The van der Waals surface area contributed by atoms with Gasteiger partial charge in [-0.1, -0.05) is 0 Å². The molecule has 0 aliphatic rings. The van der Waals surface area contributed by atoms with E-state index in [4.69, 9.17) is 16.5 Å². The van der Waals surface area contributed by atoms with Crippen LogP contribution in [0.15, 0.2) is 15.9 Å². The number of aromatic nitrogens is 4. The second-order valence-corrected chi connectivity index (χ2v) is 10.8. The van der Waals surface area contributed by atoms with Gasteiger partial charge in [-0.05, 0) is 0 Å². The summed E-state index contributed by atoms with van der Waals surface area (Å²) in [4.78, 5) is 28.6. The third-order valence-electron chi connectivity index (χ3n) is 1.98. The van der Waals surface area contributed by atoms with Gasteiger partial charge < -0.3 is 4.57 Å². The normalized spacial score (nSPS) is 9.50. The van der Waals surface area contributed by atoms with Crippen LogP contribution in [0.25, 0.3) is 11.2 Å². The van der Waals surface area contributed by atoms with Crippen LogP contribution >= 0.6 is 16.5 Å². The van der Waals surface area contributed by atoms with Crippen LogP contribution in [-0.4, -0.2) is 19.1 Å². The van der Waals surface area contributed by atoms with Crippen LogP contribution in [0.3, 0.4) is 0 Å². The summed E-state index contributed by atoms with van der Waals surface area (Å²) in [6.45, 7) is 0. The van der Waals surface area contributed by atoms with Gasteiger partial charge in [0.1, 0.15) is 0 Å². The van der Waals surface area contributed by atoms with Gasteiger partial charge in [0.05, 0.1) is 6.33 Å². The summed E-state index contributed by atoms with van der Waals surface area (Å²) in [6.07, 6.45) is 1.50. The van der Waals surface area contributed by atoms with Gasteiger partial charge in [0.2, 0.25) is 0 Å². The Balaban J connectivity index is 0.000000386. The summed E-state index contributed by atoms with van der Waals surface area (Å²) in [5, 5.41) is 0. The summed E-state index contributed by atoms with van der Waals surface area (Å²) in [5.41, 5.74) is -0.0485. The van der Waals surface area contributed by atoms with Crippen LogP contribution in [0, 0.1) is 0 Å². The Hall–Kier alpha value is -0.335. The molecule has 0 aromatic carbocycles. The van der Waals surface area contributed by atoms with Crippen LogP contribution < -0.4 is 11.2 Å². The molecule has 0 saturated carbocycles. The SMILES string of the molecule is Cn1cnc2c1c(=O)[nH]c(=O)n2C.[Cl][Hg][Cl]. The van der Waals surface area contributed by atoms with Crippen LogP contribution in [0.1, 0.15) is 0 Å². The molecule has 1 N–H and O–H groups in total. The average Bonchev–Trinajstić information content (AvgIpc) is 2.59. The van der Waals surface area contributed by atoms with Crippen LogP contribution in [0.4, 0.5) is 0 Å². The monoisotopic (exact) mass is 452 g/mol. The van der Waals surface area contributed by atoms with Crippen LogP contribution in [-0.2, 0) is 36.2 Å². The maximum absolute atomic E-state index is 11.3. The number of hydrogen-bond acceptors (Lipinski definition) is 3. The van der Waals surface area contributed by atoms with Crippen molar-refractivity contribution in [2.45, 2.75) is 0 Å². The average molecular weight is 452 g/mol. The topological polar surface area (TPSA) is 72.7 Å². The van der Waals surface area contributed by atoms with Crippen molar-refractivity contribution in [1.82, 2.24) is 19.1 Å². The van der Waals surface area contributed by atoms with Gasteiger partial charge >= 0.3 is 44.3 Å². The van der Waals surface area contributed by atoms with Gasteiger partial charge in [-0.2, -0.15) is 0 Å². The fraction of sp³-hybridized carbons (Fsp3) is 0.286. The molecule has 0 bridgehead atoms. The summed E-state index contributed by atoms with van der Waals surface area (Å²) in [6, 6.07) is 0. The first kappa shape index (κ1) is 13.7. The number of aromatic amines is 1. The molecule has 0 aliphatic heterocycles. The molecule has 2 aromatic heterocycles.